The number of ether oxygens (including phenoxy) is 2. The van der Waals surface area contributed by atoms with Gasteiger partial charge >= 0.3 is 5.97 Å². The lowest BCUT2D eigenvalue weighted by molar-refractivity contribution is -0.152. The molecular weight excluding hydrogens is 420 g/mol. The highest BCUT2D eigenvalue weighted by atomic mass is 16.5. The van der Waals surface area contributed by atoms with Crippen LogP contribution < -0.4 is 9.47 Å². The van der Waals surface area contributed by atoms with Gasteiger partial charge in [0.2, 0.25) is 5.89 Å². The molecule has 2 aromatic heterocycles. The maximum Gasteiger partial charge on any atom is 0.347 e. The Labute approximate surface area is 192 Å². The normalized spacial score (nSPS) is 11.4. The molecule has 2 heterocycles. The van der Waals surface area contributed by atoms with Crippen LogP contribution in [0.4, 0.5) is 0 Å². The van der Waals surface area contributed by atoms with Crippen LogP contribution in [-0.4, -0.2) is 33.3 Å². The Balaban J connectivity index is 1.34. The van der Waals surface area contributed by atoms with Crippen LogP contribution in [0.3, 0.4) is 0 Å². The third-order valence-electron chi connectivity index (χ3n) is 5.25. The molecule has 0 saturated carbocycles. The second kappa shape index (κ2) is 9.24. The van der Waals surface area contributed by atoms with Gasteiger partial charge in [-0.25, -0.2) is 9.78 Å². The summed E-state index contributed by atoms with van der Waals surface area (Å²) in [5.74, 6) is 1.46. The number of aryl methyl sites for hydroxylation is 1. The molecule has 4 aromatic rings. The fraction of sp³-hybridized carbons (Fsp3) is 0.231. The van der Waals surface area contributed by atoms with E-state index >= 15 is 0 Å². The third-order valence-corrected chi connectivity index (χ3v) is 5.25. The molecule has 0 atom stereocenters. The van der Waals surface area contributed by atoms with Crippen molar-refractivity contribution in [2.24, 2.45) is 0 Å². The number of oxazole rings is 1. The topological polar surface area (TPSA) is 97.6 Å². The highest BCUT2D eigenvalue weighted by Crippen LogP contribution is 2.26. The molecule has 170 valence electrons. The van der Waals surface area contributed by atoms with Crippen LogP contribution in [0, 0.1) is 6.92 Å². The van der Waals surface area contributed by atoms with Crippen molar-refractivity contribution in [2.45, 2.75) is 32.8 Å². The number of rotatable bonds is 9. The fourth-order valence-corrected chi connectivity index (χ4v) is 3.29. The largest absolute Gasteiger partial charge is 0.493 e. The molecule has 7 heteroatoms. The minimum Gasteiger partial charge on any atom is -0.493 e. The van der Waals surface area contributed by atoms with Gasteiger partial charge in [0, 0.05) is 23.9 Å². The SMILES string of the molecule is Cc1oc(-c2ccc(-c3ccc[nH]3)cc2)nc1CCOc1ccc(OC(C)(C)C(=O)O)cc1. The number of benzene rings is 2. The van der Waals surface area contributed by atoms with Gasteiger partial charge in [0.15, 0.2) is 5.60 Å². The Bertz CT molecular complexity index is 1210. The van der Waals surface area contributed by atoms with Crippen molar-refractivity contribution < 1.29 is 23.8 Å². The average molecular weight is 447 g/mol. The van der Waals surface area contributed by atoms with Gasteiger partial charge in [-0.15, -0.1) is 0 Å². The molecule has 2 N–H and O–H groups in total. The summed E-state index contributed by atoms with van der Waals surface area (Å²) in [7, 11) is 0. The number of H-pyrrole nitrogens is 1. The zero-order valence-electron chi connectivity index (χ0n) is 18.8. The molecule has 0 aliphatic rings. The van der Waals surface area contributed by atoms with Gasteiger partial charge in [0.25, 0.3) is 0 Å². The van der Waals surface area contributed by atoms with Gasteiger partial charge in [-0.1, -0.05) is 12.1 Å². The molecule has 0 bridgehead atoms. The van der Waals surface area contributed by atoms with E-state index in [2.05, 4.69) is 9.97 Å². The van der Waals surface area contributed by atoms with E-state index in [1.165, 1.54) is 13.8 Å². The van der Waals surface area contributed by atoms with E-state index in [1.54, 1.807) is 24.3 Å². The predicted molar refractivity (Wildman–Crippen MR) is 124 cm³/mol. The second-order valence-electron chi connectivity index (χ2n) is 8.17. The van der Waals surface area contributed by atoms with Crippen molar-refractivity contribution in [2.75, 3.05) is 6.61 Å². The summed E-state index contributed by atoms with van der Waals surface area (Å²) in [5, 5.41) is 9.17. The van der Waals surface area contributed by atoms with Crippen LogP contribution in [0.5, 0.6) is 11.5 Å². The van der Waals surface area contributed by atoms with Gasteiger partial charge in [0.05, 0.1) is 12.3 Å². The van der Waals surface area contributed by atoms with Gasteiger partial charge in [-0.3, -0.25) is 0 Å². The van der Waals surface area contributed by atoms with Crippen LogP contribution in [-0.2, 0) is 11.2 Å². The number of carboxylic acids is 1. The molecule has 33 heavy (non-hydrogen) atoms. The molecule has 0 radical (unpaired) electrons. The van der Waals surface area contributed by atoms with E-state index in [0.29, 0.717) is 30.4 Å². The molecule has 0 aliphatic carbocycles. The quantitative estimate of drug-likeness (QED) is 0.352. The number of aromatic nitrogens is 2. The molecule has 0 spiro atoms. The van der Waals surface area contributed by atoms with Crippen LogP contribution in [0.1, 0.15) is 25.3 Å². The maximum absolute atomic E-state index is 11.2. The maximum atomic E-state index is 11.2. The highest BCUT2D eigenvalue weighted by Gasteiger charge is 2.29. The standard InChI is InChI=1S/C26H26N2O5/c1-17-22(14-16-31-20-10-12-21(13-11-20)33-26(2,3)25(29)30)28-24(32-17)19-8-6-18(7-9-19)23-5-4-15-27-23/h4-13,15,27H,14,16H2,1-3H3,(H,29,30). The van der Waals surface area contributed by atoms with Gasteiger partial charge in [-0.05, 0) is 74.9 Å². The van der Waals surface area contributed by atoms with E-state index in [1.807, 2.05) is 49.5 Å². The minimum absolute atomic E-state index is 0.430. The lowest BCUT2D eigenvalue weighted by Gasteiger charge is -2.21. The van der Waals surface area contributed by atoms with Gasteiger partial charge in [0.1, 0.15) is 17.3 Å². The number of nitrogens with zero attached hydrogens (tertiary/aromatic N) is 1. The van der Waals surface area contributed by atoms with E-state index in [-0.39, 0.29) is 0 Å². The number of hydrogen-bond donors (Lipinski definition) is 2. The van der Waals surface area contributed by atoms with Crippen molar-refractivity contribution in [1.82, 2.24) is 9.97 Å². The monoisotopic (exact) mass is 446 g/mol. The van der Waals surface area contributed by atoms with Crippen molar-refractivity contribution in [3.63, 3.8) is 0 Å². The highest BCUT2D eigenvalue weighted by molar-refractivity contribution is 5.76. The molecule has 7 nitrogen and oxygen atoms in total. The van der Waals surface area contributed by atoms with Gasteiger partial charge in [-0.2, -0.15) is 0 Å². The number of aliphatic carboxylic acids is 1. The van der Waals surface area contributed by atoms with Crippen molar-refractivity contribution in [1.29, 1.82) is 0 Å². The first-order chi connectivity index (χ1) is 15.8. The summed E-state index contributed by atoms with van der Waals surface area (Å²) in [5.41, 5.74) is 2.63. The Hall–Kier alpha value is -4.00. The average Bonchev–Trinajstić information content (AvgIpc) is 3.45. The summed E-state index contributed by atoms with van der Waals surface area (Å²) in [6, 6.07) is 18.9. The lowest BCUT2D eigenvalue weighted by atomic mass is 10.1. The van der Waals surface area contributed by atoms with Crippen LogP contribution in [0.25, 0.3) is 22.7 Å². The second-order valence-corrected chi connectivity index (χ2v) is 8.17. The molecule has 0 saturated heterocycles. The van der Waals surface area contributed by atoms with E-state index < -0.39 is 11.6 Å². The van der Waals surface area contributed by atoms with Crippen molar-refractivity contribution in [3.05, 3.63) is 78.3 Å². The molecule has 0 fully saturated rings. The van der Waals surface area contributed by atoms with Crippen LogP contribution >= 0.6 is 0 Å². The Kier molecular flexibility index (Phi) is 6.22. The summed E-state index contributed by atoms with van der Waals surface area (Å²) in [4.78, 5) is 19.0. The van der Waals surface area contributed by atoms with Crippen LogP contribution in [0.2, 0.25) is 0 Å². The molecule has 4 rings (SSSR count). The zero-order valence-corrected chi connectivity index (χ0v) is 18.8. The Morgan fingerprint density at radius 2 is 1.70 bits per heavy atom. The first-order valence-corrected chi connectivity index (χ1v) is 10.7. The number of hydrogen-bond acceptors (Lipinski definition) is 5. The Morgan fingerprint density at radius 1 is 1.03 bits per heavy atom. The number of carbonyl (C=O) groups is 1. The van der Waals surface area contributed by atoms with E-state index in [4.69, 9.17) is 19.0 Å². The smallest absolute Gasteiger partial charge is 0.347 e. The third kappa shape index (κ3) is 5.26. The van der Waals surface area contributed by atoms with Crippen LogP contribution in [0.15, 0.2) is 71.3 Å². The molecule has 2 aromatic carbocycles. The molecular formula is C26H26N2O5. The number of nitrogens with one attached hydrogen (secondary N) is 1. The van der Waals surface area contributed by atoms with E-state index in [9.17, 15) is 4.79 Å². The summed E-state index contributed by atoms with van der Waals surface area (Å²) >= 11 is 0. The zero-order chi connectivity index (χ0) is 23.4. The van der Waals surface area contributed by atoms with Gasteiger partial charge < -0.3 is 24.0 Å². The first-order valence-electron chi connectivity index (χ1n) is 10.7. The number of aromatic amines is 1. The Morgan fingerprint density at radius 3 is 2.33 bits per heavy atom. The van der Waals surface area contributed by atoms with Crippen molar-refractivity contribution in [3.8, 4) is 34.2 Å². The summed E-state index contributed by atoms with van der Waals surface area (Å²) in [6.45, 7) is 5.34. The van der Waals surface area contributed by atoms with Crippen molar-refractivity contribution >= 4 is 5.97 Å². The predicted octanol–water partition coefficient (Wildman–Crippen LogP) is 5.51. The summed E-state index contributed by atoms with van der Waals surface area (Å²) in [6.07, 6.45) is 2.50. The number of carboxylic acid groups (broad SMARTS) is 1. The fourth-order valence-electron chi connectivity index (χ4n) is 3.29. The first kappa shape index (κ1) is 22.2. The molecule has 0 amide bonds. The molecule has 0 aliphatic heterocycles. The molecule has 0 unspecified atom stereocenters. The lowest BCUT2D eigenvalue weighted by Crippen LogP contribution is -2.37. The minimum atomic E-state index is -1.30. The summed E-state index contributed by atoms with van der Waals surface area (Å²) < 4.78 is 17.2. The van der Waals surface area contributed by atoms with E-state index in [0.717, 1.165) is 28.3 Å².